The average Bonchev–Trinajstić information content (AvgIpc) is 2.39. The standard InChI is InChI=1S/C14H11NOSe/c16-14-10-11-6-4-5-9-13(11)17-15(14)12-7-2-1-3-8-12/h1-9H,10H2. The molecule has 0 spiro atoms. The molecule has 0 N–H and O–H groups in total. The molecule has 0 unspecified atom stereocenters. The van der Waals surface area contributed by atoms with Crippen LogP contribution >= 0.6 is 0 Å². The summed E-state index contributed by atoms with van der Waals surface area (Å²) in [5, 5.41) is 0. The zero-order valence-electron chi connectivity index (χ0n) is 9.17. The van der Waals surface area contributed by atoms with E-state index in [9.17, 15) is 4.79 Å². The van der Waals surface area contributed by atoms with E-state index in [4.69, 9.17) is 0 Å². The molecule has 2 nitrogen and oxygen atoms in total. The van der Waals surface area contributed by atoms with Crippen LogP contribution in [0.15, 0.2) is 54.6 Å². The van der Waals surface area contributed by atoms with Gasteiger partial charge in [-0.25, -0.2) is 0 Å². The molecule has 1 aliphatic heterocycles. The second-order valence-corrected chi connectivity index (χ2v) is 5.97. The summed E-state index contributed by atoms with van der Waals surface area (Å²) in [7, 11) is 0. The molecule has 1 heterocycles. The molecule has 2 aromatic rings. The number of carbonyl (C=O) groups is 1. The fourth-order valence-corrected chi connectivity index (χ4v) is 3.95. The van der Waals surface area contributed by atoms with Crippen LogP contribution in [0.3, 0.4) is 0 Å². The van der Waals surface area contributed by atoms with E-state index in [-0.39, 0.29) is 21.1 Å². The molecule has 0 saturated carbocycles. The Kier molecular flexibility index (Phi) is 2.71. The number of rotatable bonds is 1. The van der Waals surface area contributed by atoms with E-state index in [0.717, 1.165) is 5.69 Å². The summed E-state index contributed by atoms with van der Waals surface area (Å²) in [6.07, 6.45) is 0.521. The SMILES string of the molecule is O=C1Cc2ccccc2[Se]N1c1ccccc1. The minimum atomic E-state index is 0.0628. The maximum atomic E-state index is 12.1. The van der Waals surface area contributed by atoms with Gasteiger partial charge in [0.05, 0.1) is 0 Å². The molecule has 0 aromatic heterocycles. The Morgan fingerprint density at radius 3 is 2.47 bits per heavy atom. The first kappa shape index (κ1) is 10.6. The first-order valence-electron chi connectivity index (χ1n) is 5.48. The van der Waals surface area contributed by atoms with E-state index >= 15 is 0 Å². The van der Waals surface area contributed by atoms with Crippen molar-refractivity contribution in [1.29, 1.82) is 0 Å². The maximum absolute atomic E-state index is 12.1. The van der Waals surface area contributed by atoms with Gasteiger partial charge in [-0.1, -0.05) is 0 Å². The summed E-state index contributed by atoms with van der Waals surface area (Å²) < 4.78 is 3.22. The van der Waals surface area contributed by atoms with E-state index in [1.54, 1.807) is 0 Å². The van der Waals surface area contributed by atoms with Crippen molar-refractivity contribution >= 4 is 31.2 Å². The van der Waals surface area contributed by atoms with Gasteiger partial charge in [-0.2, -0.15) is 0 Å². The van der Waals surface area contributed by atoms with Gasteiger partial charge >= 0.3 is 107 Å². The van der Waals surface area contributed by atoms with E-state index in [1.807, 2.05) is 46.4 Å². The summed E-state index contributed by atoms with van der Waals surface area (Å²) in [4.78, 5) is 12.1. The zero-order chi connectivity index (χ0) is 11.7. The van der Waals surface area contributed by atoms with Crippen LogP contribution in [0.2, 0.25) is 0 Å². The van der Waals surface area contributed by atoms with Crippen LogP contribution in [0.1, 0.15) is 5.56 Å². The van der Waals surface area contributed by atoms with E-state index in [1.165, 1.54) is 10.0 Å². The Balaban J connectivity index is 1.98. The van der Waals surface area contributed by atoms with Gasteiger partial charge < -0.3 is 0 Å². The summed E-state index contributed by atoms with van der Waals surface area (Å²) in [6, 6.07) is 18.1. The average molecular weight is 288 g/mol. The molecule has 2 aromatic carbocycles. The monoisotopic (exact) mass is 289 g/mol. The quantitative estimate of drug-likeness (QED) is 0.729. The third-order valence-electron chi connectivity index (χ3n) is 2.72. The van der Waals surface area contributed by atoms with Crippen molar-refractivity contribution in [3.63, 3.8) is 0 Å². The summed E-state index contributed by atoms with van der Waals surface area (Å²) in [5.74, 6) is 0.204. The fourth-order valence-electron chi connectivity index (χ4n) is 1.88. The molecule has 0 saturated heterocycles. The van der Waals surface area contributed by atoms with Gasteiger partial charge in [0.1, 0.15) is 0 Å². The van der Waals surface area contributed by atoms with Gasteiger partial charge in [-0.3, -0.25) is 0 Å². The molecule has 84 valence electrons. The number of hydrogen-bond donors (Lipinski definition) is 0. The number of fused-ring (bicyclic) bond motifs is 1. The number of carbonyl (C=O) groups excluding carboxylic acids is 1. The van der Waals surface area contributed by atoms with E-state index in [0.29, 0.717) is 6.42 Å². The Morgan fingerprint density at radius 1 is 0.941 bits per heavy atom. The third kappa shape index (κ3) is 1.99. The predicted octanol–water partition coefficient (Wildman–Crippen LogP) is 1.52. The molecular weight excluding hydrogens is 277 g/mol. The molecular formula is C14H11NOSe. The first-order chi connectivity index (χ1) is 8.34. The van der Waals surface area contributed by atoms with Crippen LogP contribution in [0.4, 0.5) is 5.69 Å². The molecule has 3 heteroatoms. The van der Waals surface area contributed by atoms with Crippen molar-refractivity contribution in [3.8, 4) is 0 Å². The molecule has 0 radical (unpaired) electrons. The topological polar surface area (TPSA) is 20.3 Å². The third-order valence-corrected chi connectivity index (χ3v) is 5.22. The Hall–Kier alpha value is -1.57. The van der Waals surface area contributed by atoms with Gasteiger partial charge in [-0.05, 0) is 0 Å². The second-order valence-electron chi connectivity index (χ2n) is 3.90. The van der Waals surface area contributed by atoms with Gasteiger partial charge in [0, 0.05) is 0 Å². The van der Waals surface area contributed by atoms with Gasteiger partial charge in [0.25, 0.3) is 0 Å². The predicted molar refractivity (Wildman–Crippen MR) is 69.5 cm³/mol. The van der Waals surface area contributed by atoms with Crippen molar-refractivity contribution in [2.75, 3.05) is 3.92 Å². The normalized spacial score (nSPS) is 14.6. The molecule has 0 fully saturated rings. The molecule has 1 amide bonds. The number of benzene rings is 2. The van der Waals surface area contributed by atoms with Gasteiger partial charge in [-0.15, -0.1) is 0 Å². The summed E-state index contributed by atoms with van der Waals surface area (Å²) in [5.41, 5.74) is 2.19. The van der Waals surface area contributed by atoms with E-state index < -0.39 is 0 Å². The van der Waals surface area contributed by atoms with E-state index in [2.05, 4.69) is 12.1 Å². The van der Waals surface area contributed by atoms with Crippen molar-refractivity contribution in [1.82, 2.24) is 0 Å². The number of anilines is 1. The van der Waals surface area contributed by atoms with Crippen molar-refractivity contribution in [2.24, 2.45) is 0 Å². The summed E-state index contributed by atoms with van der Waals surface area (Å²) in [6.45, 7) is 0. The number of nitrogens with zero attached hydrogens (tertiary/aromatic N) is 1. The molecule has 17 heavy (non-hydrogen) atoms. The Morgan fingerprint density at radius 2 is 1.65 bits per heavy atom. The minimum absolute atomic E-state index is 0.0628. The van der Waals surface area contributed by atoms with Crippen LogP contribution < -0.4 is 8.38 Å². The zero-order valence-corrected chi connectivity index (χ0v) is 10.9. The Bertz CT molecular complexity index is 553. The van der Waals surface area contributed by atoms with Gasteiger partial charge in [0.15, 0.2) is 0 Å². The van der Waals surface area contributed by atoms with Crippen LogP contribution in [0, 0.1) is 0 Å². The Labute approximate surface area is 107 Å². The molecule has 0 bridgehead atoms. The first-order valence-corrected chi connectivity index (χ1v) is 7.11. The second kappa shape index (κ2) is 4.36. The summed E-state index contributed by atoms with van der Waals surface area (Å²) >= 11 is 0.0628. The fraction of sp³-hybridized carbons (Fsp3) is 0.0714. The molecule has 0 aliphatic carbocycles. The van der Waals surface area contributed by atoms with Crippen molar-refractivity contribution < 1.29 is 4.79 Å². The number of para-hydroxylation sites is 1. The van der Waals surface area contributed by atoms with Crippen LogP contribution in [0.25, 0.3) is 0 Å². The van der Waals surface area contributed by atoms with Gasteiger partial charge in [0.2, 0.25) is 0 Å². The number of amides is 1. The van der Waals surface area contributed by atoms with Crippen LogP contribution in [0.5, 0.6) is 0 Å². The molecule has 3 rings (SSSR count). The number of hydrogen-bond acceptors (Lipinski definition) is 1. The van der Waals surface area contributed by atoms with Crippen molar-refractivity contribution in [3.05, 3.63) is 60.2 Å². The van der Waals surface area contributed by atoms with Crippen molar-refractivity contribution in [2.45, 2.75) is 6.42 Å². The van der Waals surface area contributed by atoms with Crippen LogP contribution in [-0.4, -0.2) is 21.1 Å². The van der Waals surface area contributed by atoms with Crippen LogP contribution in [-0.2, 0) is 11.2 Å². The molecule has 1 aliphatic rings. The molecule has 0 atom stereocenters.